The molecule has 0 radical (unpaired) electrons. The van der Waals surface area contributed by atoms with Crippen molar-refractivity contribution < 1.29 is 15.2 Å². The van der Waals surface area contributed by atoms with Crippen LogP contribution in [0.4, 0.5) is 5.69 Å². The van der Waals surface area contributed by atoms with Gasteiger partial charge in [-0.05, 0) is 17.6 Å². The minimum Gasteiger partial charge on any atom is -0.423 e. The first-order valence-electron chi connectivity index (χ1n) is 6.01. The van der Waals surface area contributed by atoms with E-state index in [2.05, 4.69) is 0 Å². The van der Waals surface area contributed by atoms with Gasteiger partial charge in [0.05, 0.1) is 0 Å². The van der Waals surface area contributed by atoms with Crippen LogP contribution in [0.25, 0.3) is 0 Å². The van der Waals surface area contributed by atoms with E-state index in [9.17, 15) is 5.11 Å². The van der Waals surface area contributed by atoms with Crippen LogP contribution in [-0.4, -0.2) is 29.3 Å². The van der Waals surface area contributed by atoms with E-state index in [1.807, 2.05) is 30.3 Å². The predicted molar refractivity (Wildman–Crippen MR) is 76.1 cm³/mol. The topological polar surface area (TPSA) is 63.9 Å². The number of anilines is 1. The van der Waals surface area contributed by atoms with E-state index in [0.29, 0.717) is 11.0 Å². The predicted octanol–water partition coefficient (Wildman–Crippen LogP) is 0.494. The molecule has 0 saturated heterocycles. The average Bonchev–Trinajstić information content (AvgIpc) is 2.46. The fourth-order valence-electron chi connectivity index (χ4n) is 1.87. The van der Waals surface area contributed by atoms with E-state index in [-0.39, 0.29) is 0 Å². The highest BCUT2D eigenvalue weighted by molar-refractivity contribution is 6.58. The number of hydrogen-bond acceptors (Lipinski definition) is 4. The van der Waals surface area contributed by atoms with Crippen molar-refractivity contribution in [1.82, 2.24) is 0 Å². The van der Waals surface area contributed by atoms with Crippen LogP contribution in [0.5, 0.6) is 0 Å². The molecular formula is C14H16BNO3. The lowest BCUT2D eigenvalue weighted by molar-refractivity contribution is 0.178. The summed E-state index contributed by atoms with van der Waals surface area (Å²) in [5.74, 6) is 0. The summed E-state index contributed by atoms with van der Waals surface area (Å²) < 4.78 is 0. The van der Waals surface area contributed by atoms with E-state index in [1.54, 1.807) is 36.2 Å². The molecule has 4 nitrogen and oxygen atoms in total. The normalized spacial score (nSPS) is 12.0. The van der Waals surface area contributed by atoms with Crippen molar-refractivity contribution in [1.29, 1.82) is 0 Å². The fraction of sp³-hybridized carbons (Fsp3) is 0.143. The maximum absolute atomic E-state index is 10.3. The molecule has 1 unspecified atom stereocenters. The van der Waals surface area contributed by atoms with Gasteiger partial charge >= 0.3 is 7.12 Å². The van der Waals surface area contributed by atoms with Crippen LogP contribution in [0.3, 0.4) is 0 Å². The van der Waals surface area contributed by atoms with Crippen LogP contribution < -0.4 is 10.4 Å². The lowest BCUT2D eigenvalue weighted by Crippen LogP contribution is -2.30. The van der Waals surface area contributed by atoms with Gasteiger partial charge in [0, 0.05) is 18.3 Å². The van der Waals surface area contributed by atoms with Gasteiger partial charge in [0.1, 0.15) is 0 Å². The van der Waals surface area contributed by atoms with Crippen molar-refractivity contribution in [2.24, 2.45) is 0 Å². The highest BCUT2D eigenvalue weighted by Crippen LogP contribution is 2.22. The SMILES string of the molecule is CN(c1ccccc1)C(O)c1ccc(B(O)O)cc1. The Morgan fingerprint density at radius 3 is 2.05 bits per heavy atom. The molecule has 2 aromatic rings. The third-order valence-corrected chi connectivity index (χ3v) is 3.06. The molecule has 0 bridgehead atoms. The van der Waals surface area contributed by atoms with Crippen molar-refractivity contribution in [2.45, 2.75) is 6.23 Å². The Morgan fingerprint density at radius 2 is 1.53 bits per heavy atom. The highest BCUT2D eigenvalue weighted by atomic mass is 16.4. The number of benzene rings is 2. The second-order valence-electron chi connectivity index (χ2n) is 4.36. The molecule has 0 aliphatic heterocycles. The molecule has 98 valence electrons. The second kappa shape index (κ2) is 5.88. The molecule has 3 N–H and O–H groups in total. The van der Waals surface area contributed by atoms with Gasteiger partial charge in [-0.1, -0.05) is 42.5 Å². The Bertz CT molecular complexity index is 516. The molecule has 0 fully saturated rings. The Kier molecular flexibility index (Phi) is 4.22. The first kappa shape index (κ1) is 13.6. The molecular weight excluding hydrogens is 241 g/mol. The molecule has 0 spiro atoms. The highest BCUT2D eigenvalue weighted by Gasteiger charge is 2.16. The molecule has 0 aromatic heterocycles. The minimum absolute atomic E-state index is 0.401. The van der Waals surface area contributed by atoms with Gasteiger partial charge in [-0.2, -0.15) is 0 Å². The maximum Gasteiger partial charge on any atom is 0.488 e. The summed E-state index contributed by atoms with van der Waals surface area (Å²) in [6.45, 7) is 0. The first-order chi connectivity index (χ1) is 9.09. The molecule has 0 aliphatic carbocycles. The van der Waals surface area contributed by atoms with Gasteiger partial charge in [0.15, 0.2) is 6.23 Å². The summed E-state index contributed by atoms with van der Waals surface area (Å²) in [6.07, 6.45) is -0.785. The van der Waals surface area contributed by atoms with Gasteiger partial charge in [-0.3, -0.25) is 0 Å². The number of aliphatic hydroxyl groups is 1. The van der Waals surface area contributed by atoms with Crippen LogP contribution in [0.15, 0.2) is 54.6 Å². The summed E-state index contributed by atoms with van der Waals surface area (Å²) in [5, 5.41) is 28.3. The lowest BCUT2D eigenvalue weighted by atomic mass is 9.80. The Balaban J connectivity index is 2.17. The Morgan fingerprint density at radius 1 is 0.947 bits per heavy atom. The largest absolute Gasteiger partial charge is 0.488 e. The zero-order valence-electron chi connectivity index (χ0n) is 10.6. The molecule has 19 heavy (non-hydrogen) atoms. The molecule has 1 atom stereocenters. The second-order valence-corrected chi connectivity index (χ2v) is 4.36. The smallest absolute Gasteiger partial charge is 0.423 e. The van der Waals surface area contributed by atoms with Gasteiger partial charge < -0.3 is 20.1 Å². The molecule has 2 rings (SSSR count). The third kappa shape index (κ3) is 3.14. The summed E-state index contributed by atoms with van der Waals surface area (Å²) in [6, 6.07) is 16.1. The number of nitrogens with zero attached hydrogens (tertiary/aromatic N) is 1. The Hall–Kier alpha value is -1.82. The van der Waals surface area contributed by atoms with Crippen molar-refractivity contribution in [3.8, 4) is 0 Å². The van der Waals surface area contributed by atoms with Gasteiger partial charge in [0.25, 0.3) is 0 Å². The summed E-state index contributed by atoms with van der Waals surface area (Å²) in [7, 11) is 0.312. The molecule has 0 amide bonds. The molecule has 0 saturated carbocycles. The molecule has 0 aliphatic rings. The van der Waals surface area contributed by atoms with Crippen molar-refractivity contribution >= 4 is 18.3 Å². The van der Waals surface area contributed by atoms with Crippen molar-refractivity contribution in [2.75, 3.05) is 11.9 Å². The first-order valence-corrected chi connectivity index (χ1v) is 6.01. The minimum atomic E-state index is -1.49. The zero-order chi connectivity index (χ0) is 13.8. The van der Waals surface area contributed by atoms with Crippen LogP contribution in [-0.2, 0) is 0 Å². The third-order valence-electron chi connectivity index (χ3n) is 3.06. The van der Waals surface area contributed by atoms with Gasteiger partial charge in [-0.15, -0.1) is 0 Å². The summed E-state index contributed by atoms with van der Waals surface area (Å²) in [4.78, 5) is 1.74. The molecule has 5 heteroatoms. The van der Waals surface area contributed by atoms with Crippen LogP contribution in [0.1, 0.15) is 11.8 Å². The van der Waals surface area contributed by atoms with Gasteiger partial charge in [0.2, 0.25) is 0 Å². The molecule has 0 heterocycles. The van der Waals surface area contributed by atoms with Crippen molar-refractivity contribution in [3.05, 3.63) is 60.2 Å². The number of aliphatic hydroxyl groups excluding tert-OH is 1. The summed E-state index contributed by atoms with van der Waals surface area (Å²) in [5.41, 5.74) is 2.00. The fourth-order valence-corrected chi connectivity index (χ4v) is 1.87. The quantitative estimate of drug-likeness (QED) is 0.551. The standard InChI is InChI=1S/C14H16BNO3/c1-16(13-5-3-2-4-6-13)14(17)11-7-9-12(10-8-11)15(18)19/h2-10,14,17-19H,1H3. The molecule has 2 aromatic carbocycles. The van der Waals surface area contributed by atoms with Crippen LogP contribution in [0.2, 0.25) is 0 Å². The number of rotatable bonds is 4. The number of hydrogen-bond donors (Lipinski definition) is 3. The van der Waals surface area contributed by atoms with E-state index < -0.39 is 13.3 Å². The van der Waals surface area contributed by atoms with E-state index in [0.717, 1.165) is 5.69 Å². The van der Waals surface area contributed by atoms with Crippen LogP contribution >= 0.6 is 0 Å². The van der Waals surface area contributed by atoms with E-state index >= 15 is 0 Å². The maximum atomic E-state index is 10.3. The van der Waals surface area contributed by atoms with Gasteiger partial charge in [-0.25, -0.2) is 0 Å². The lowest BCUT2D eigenvalue weighted by Gasteiger charge is -2.26. The summed E-state index contributed by atoms with van der Waals surface area (Å²) >= 11 is 0. The van der Waals surface area contributed by atoms with Crippen molar-refractivity contribution in [3.63, 3.8) is 0 Å². The zero-order valence-corrected chi connectivity index (χ0v) is 10.6. The monoisotopic (exact) mass is 257 g/mol. The average molecular weight is 257 g/mol. The Labute approximate surface area is 112 Å². The van der Waals surface area contributed by atoms with E-state index in [4.69, 9.17) is 10.0 Å². The number of para-hydroxylation sites is 1. The van der Waals surface area contributed by atoms with E-state index in [1.165, 1.54) is 0 Å². The van der Waals surface area contributed by atoms with Crippen LogP contribution in [0, 0.1) is 0 Å².